The number of halogens is 1. The fourth-order valence-electron chi connectivity index (χ4n) is 4.74. The number of ether oxygens (including phenoxy) is 3. The van der Waals surface area contributed by atoms with Crippen molar-refractivity contribution in [3.05, 3.63) is 94.5 Å². The van der Waals surface area contributed by atoms with E-state index in [1.165, 1.54) is 0 Å². The third kappa shape index (κ3) is 7.97. The van der Waals surface area contributed by atoms with Crippen LogP contribution in [-0.4, -0.2) is 56.2 Å². The van der Waals surface area contributed by atoms with E-state index in [0.717, 1.165) is 29.5 Å². The minimum atomic E-state index is -0.725. The number of benzene rings is 3. The average molecular weight is 551 g/mol. The second kappa shape index (κ2) is 14.0. The molecule has 206 valence electrons. The number of carbonyl (C=O) groups is 2. The molecular formula is C31H35ClN2O5. The summed E-state index contributed by atoms with van der Waals surface area (Å²) in [6, 6.07) is 21.8. The zero-order valence-corrected chi connectivity index (χ0v) is 23.2. The lowest BCUT2D eigenvalue weighted by Gasteiger charge is -2.32. The number of methoxy groups -OCH3 is 2. The molecule has 1 N–H and O–H groups in total. The Morgan fingerprint density at radius 1 is 0.974 bits per heavy atom. The normalized spacial score (nSPS) is 15.4. The molecule has 0 radical (unpaired) electrons. The van der Waals surface area contributed by atoms with Gasteiger partial charge in [0.1, 0.15) is 6.04 Å². The van der Waals surface area contributed by atoms with Gasteiger partial charge in [0, 0.05) is 31.1 Å². The summed E-state index contributed by atoms with van der Waals surface area (Å²) < 4.78 is 16.5. The molecule has 7 nitrogen and oxygen atoms in total. The Balaban J connectivity index is 1.63. The third-order valence-electron chi connectivity index (χ3n) is 6.87. The monoisotopic (exact) mass is 550 g/mol. The van der Waals surface area contributed by atoms with E-state index in [4.69, 9.17) is 25.8 Å². The maximum atomic E-state index is 14.0. The van der Waals surface area contributed by atoms with Gasteiger partial charge in [-0.2, -0.15) is 0 Å². The zero-order chi connectivity index (χ0) is 27.6. The van der Waals surface area contributed by atoms with Gasteiger partial charge in [0.15, 0.2) is 11.5 Å². The molecule has 1 heterocycles. The largest absolute Gasteiger partial charge is 0.493 e. The van der Waals surface area contributed by atoms with Crippen LogP contribution in [0.3, 0.4) is 0 Å². The summed E-state index contributed by atoms with van der Waals surface area (Å²) in [6.07, 6.45) is 2.37. The molecule has 1 saturated heterocycles. The van der Waals surface area contributed by atoms with E-state index >= 15 is 0 Å². The van der Waals surface area contributed by atoms with Gasteiger partial charge >= 0.3 is 0 Å². The Labute approximate surface area is 235 Å². The number of hydrogen-bond donors (Lipinski definition) is 1. The van der Waals surface area contributed by atoms with Crippen LogP contribution in [0, 0.1) is 0 Å². The highest BCUT2D eigenvalue weighted by Crippen LogP contribution is 2.28. The van der Waals surface area contributed by atoms with E-state index in [9.17, 15) is 9.59 Å². The summed E-state index contributed by atoms with van der Waals surface area (Å²) in [5, 5.41) is 3.67. The summed E-state index contributed by atoms with van der Waals surface area (Å²) in [5.74, 6) is 0.749. The first-order valence-electron chi connectivity index (χ1n) is 13.1. The maximum Gasteiger partial charge on any atom is 0.243 e. The Morgan fingerprint density at radius 2 is 1.69 bits per heavy atom. The van der Waals surface area contributed by atoms with E-state index in [-0.39, 0.29) is 30.9 Å². The van der Waals surface area contributed by atoms with Crippen LogP contribution in [-0.2, 0) is 33.7 Å². The zero-order valence-electron chi connectivity index (χ0n) is 22.4. The first-order valence-corrected chi connectivity index (χ1v) is 13.5. The van der Waals surface area contributed by atoms with Gasteiger partial charge in [-0.05, 0) is 53.8 Å². The summed E-state index contributed by atoms with van der Waals surface area (Å²) in [5.41, 5.74) is 2.61. The molecule has 39 heavy (non-hydrogen) atoms. The highest BCUT2D eigenvalue weighted by Gasteiger charge is 2.31. The van der Waals surface area contributed by atoms with Gasteiger partial charge in [-0.15, -0.1) is 0 Å². The Kier molecular flexibility index (Phi) is 10.2. The van der Waals surface area contributed by atoms with Crippen molar-refractivity contribution >= 4 is 23.4 Å². The fraction of sp³-hybridized carbons (Fsp3) is 0.355. The van der Waals surface area contributed by atoms with Crippen LogP contribution in [0.2, 0.25) is 5.02 Å². The molecule has 0 aliphatic carbocycles. The van der Waals surface area contributed by atoms with E-state index in [1.54, 1.807) is 43.4 Å². The van der Waals surface area contributed by atoms with E-state index in [0.29, 0.717) is 36.1 Å². The molecule has 3 aromatic rings. The first-order chi connectivity index (χ1) is 19.0. The van der Waals surface area contributed by atoms with Crippen molar-refractivity contribution in [3.63, 3.8) is 0 Å². The molecule has 8 heteroatoms. The van der Waals surface area contributed by atoms with Gasteiger partial charge in [-0.3, -0.25) is 9.59 Å². The van der Waals surface area contributed by atoms with Crippen molar-refractivity contribution < 1.29 is 23.8 Å². The second-order valence-corrected chi connectivity index (χ2v) is 10.0. The highest BCUT2D eigenvalue weighted by atomic mass is 35.5. The first kappa shape index (κ1) is 28.5. The van der Waals surface area contributed by atoms with Crippen LogP contribution in [0.4, 0.5) is 0 Å². The molecule has 2 amide bonds. The molecule has 1 aliphatic heterocycles. The number of nitrogens with one attached hydrogen (secondary N) is 1. The molecule has 0 saturated carbocycles. The maximum absolute atomic E-state index is 14.0. The van der Waals surface area contributed by atoms with Gasteiger partial charge in [-0.1, -0.05) is 60.1 Å². The lowest BCUT2D eigenvalue weighted by atomic mass is 10.0. The van der Waals surface area contributed by atoms with Crippen LogP contribution in [0.25, 0.3) is 0 Å². The van der Waals surface area contributed by atoms with Crippen LogP contribution < -0.4 is 14.8 Å². The van der Waals surface area contributed by atoms with E-state index < -0.39 is 6.04 Å². The van der Waals surface area contributed by atoms with Crippen molar-refractivity contribution in [1.29, 1.82) is 0 Å². The number of rotatable bonds is 12. The molecular weight excluding hydrogens is 516 g/mol. The lowest BCUT2D eigenvalue weighted by molar-refractivity contribution is -0.141. The van der Waals surface area contributed by atoms with Crippen molar-refractivity contribution in [2.24, 2.45) is 0 Å². The SMILES string of the molecule is COc1ccc(CC(=O)N(Cc2ccc(Cl)cc2)[C@H](Cc2ccccc2)C(=O)NC[C@@H]2CCCO2)cc1OC. The molecule has 1 fully saturated rings. The van der Waals surface area contributed by atoms with Crippen LogP contribution in [0.15, 0.2) is 72.8 Å². The van der Waals surface area contributed by atoms with E-state index in [2.05, 4.69) is 5.32 Å². The summed E-state index contributed by atoms with van der Waals surface area (Å²) >= 11 is 6.12. The minimum Gasteiger partial charge on any atom is -0.493 e. The average Bonchev–Trinajstić information content (AvgIpc) is 3.49. The number of hydrogen-bond acceptors (Lipinski definition) is 5. The molecule has 2 atom stereocenters. The van der Waals surface area contributed by atoms with Crippen molar-refractivity contribution in [2.75, 3.05) is 27.4 Å². The Hall–Kier alpha value is -3.55. The summed E-state index contributed by atoms with van der Waals surface area (Å²) in [7, 11) is 3.13. The predicted molar refractivity (Wildman–Crippen MR) is 151 cm³/mol. The third-order valence-corrected chi connectivity index (χ3v) is 7.12. The summed E-state index contributed by atoms with van der Waals surface area (Å²) in [6.45, 7) is 1.39. The van der Waals surface area contributed by atoms with E-state index in [1.807, 2.05) is 48.5 Å². The van der Waals surface area contributed by atoms with Crippen molar-refractivity contribution in [3.8, 4) is 11.5 Å². The topological polar surface area (TPSA) is 77.1 Å². The molecule has 0 spiro atoms. The molecule has 0 aromatic heterocycles. The number of amides is 2. The quantitative estimate of drug-likeness (QED) is 0.349. The van der Waals surface area contributed by atoms with Crippen LogP contribution >= 0.6 is 11.6 Å². The van der Waals surface area contributed by atoms with Gasteiger partial charge in [0.25, 0.3) is 0 Å². The fourth-order valence-corrected chi connectivity index (χ4v) is 4.87. The Bertz CT molecular complexity index is 1230. The Morgan fingerprint density at radius 3 is 2.36 bits per heavy atom. The lowest BCUT2D eigenvalue weighted by Crippen LogP contribution is -2.52. The van der Waals surface area contributed by atoms with Gasteiger partial charge in [-0.25, -0.2) is 0 Å². The molecule has 3 aromatic carbocycles. The highest BCUT2D eigenvalue weighted by molar-refractivity contribution is 6.30. The predicted octanol–water partition coefficient (Wildman–Crippen LogP) is 4.84. The molecule has 4 rings (SSSR count). The smallest absolute Gasteiger partial charge is 0.243 e. The molecule has 1 aliphatic rings. The number of nitrogens with zero attached hydrogens (tertiary/aromatic N) is 1. The molecule has 0 bridgehead atoms. The standard InChI is InChI=1S/C31H35ClN2O5/c1-37-28-15-12-24(18-29(28)38-2)19-30(35)34(21-23-10-13-25(32)14-11-23)27(17-22-7-4-3-5-8-22)31(36)33-20-26-9-6-16-39-26/h3-5,7-8,10-15,18,26-27H,6,9,16-17,19-21H2,1-2H3,(H,33,36)/t26-,27+/m0/s1. The number of carbonyl (C=O) groups excluding carboxylic acids is 2. The van der Waals surface area contributed by atoms with Crippen LogP contribution in [0.1, 0.15) is 29.5 Å². The summed E-state index contributed by atoms with van der Waals surface area (Å²) in [4.78, 5) is 29.3. The van der Waals surface area contributed by atoms with Gasteiger partial charge < -0.3 is 24.4 Å². The van der Waals surface area contributed by atoms with Crippen molar-refractivity contribution in [2.45, 2.75) is 44.4 Å². The van der Waals surface area contributed by atoms with Crippen molar-refractivity contribution in [1.82, 2.24) is 10.2 Å². The minimum absolute atomic E-state index is 0.00138. The molecule has 0 unspecified atom stereocenters. The van der Waals surface area contributed by atoms with Crippen LogP contribution in [0.5, 0.6) is 11.5 Å². The van der Waals surface area contributed by atoms with Gasteiger partial charge in [0.2, 0.25) is 11.8 Å². The second-order valence-electron chi connectivity index (χ2n) is 9.60. The van der Waals surface area contributed by atoms with Gasteiger partial charge in [0.05, 0.1) is 26.7 Å².